The van der Waals surface area contributed by atoms with Crippen LogP contribution in [-0.2, 0) is 9.53 Å². The number of anilines is 1. The second-order valence-electron chi connectivity index (χ2n) is 7.28. The van der Waals surface area contributed by atoms with Crippen LogP contribution in [0.1, 0.15) is 17.3 Å². The molecule has 3 aromatic carbocycles. The summed E-state index contributed by atoms with van der Waals surface area (Å²) >= 11 is 1.46. The molecule has 11 heteroatoms. The van der Waals surface area contributed by atoms with Gasteiger partial charge in [-0.2, -0.15) is 0 Å². The Bertz CT molecular complexity index is 1330. The van der Waals surface area contributed by atoms with E-state index < -0.39 is 5.97 Å². The largest absolute Gasteiger partial charge is 0.497 e. The van der Waals surface area contributed by atoms with Gasteiger partial charge in [0.25, 0.3) is 5.91 Å². The van der Waals surface area contributed by atoms with Gasteiger partial charge in [-0.15, -0.1) is 5.10 Å². The third kappa shape index (κ3) is 6.19. The number of benzene rings is 3. The average molecular weight is 506 g/mol. The van der Waals surface area contributed by atoms with Gasteiger partial charge in [0.1, 0.15) is 11.5 Å². The molecule has 4 aromatic rings. The SMILES string of the molecule is CCOC(=O)COc1ccc(C(=O)Nc2cc(OC)ccc2Sc2ccccc2-c2nnn[nH]2)cc1. The molecule has 4 rings (SSSR count). The molecular weight excluding hydrogens is 482 g/mol. The maximum atomic E-state index is 13.0. The molecule has 0 bridgehead atoms. The first kappa shape index (κ1) is 24.7. The van der Waals surface area contributed by atoms with Crippen molar-refractivity contribution in [3.8, 4) is 22.9 Å². The number of aromatic nitrogens is 4. The third-order valence-corrected chi connectivity index (χ3v) is 6.07. The molecule has 10 nitrogen and oxygen atoms in total. The Morgan fingerprint density at radius 3 is 2.50 bits per heavy atom. The molecule has 1 heterocycles. The van der Waals surface area contributed by atoms with Crippen molar-refractivity contribution in [2.75, 3.05) is 25.6 Å². The Hall–Kier alpha value is -4.38. The number of hydrogen-bond acceptors (Lipinski definition) is 9. The van der Waals surface area contributed by atoms with Crippen LogP contribution in [0.3, 0.4) is 0 Å². The van der Waals surface area contributed by atoms with Crippen LogP contribution in [-0.4, -0.2) is 52.8 Å². The smallest absolute Gasteiger partial charge is 0.344 e. The van der Waals surface area contributed by atoms with Gasteiger partial charge in [-0.3, -0.25) is 4.79 Å². The minimum Gasteiger partial charge on any atom is -0.497 e. The quantitative estimate of drug-likeness (QED) is 0.304. The fraction of sp³-hybridized carbons (Fsp3) is 0.160. The second kappa shape index (κ2) is 11.8. The van der Waals surface area contributed by atoms with Crippen LogP contribution in [0.4, 0.5) is 5.69 Å². The van der Waals surface area contributed by atoms with Gasteiger partial charge < -0.3 is 19.5 Å². The molecule has 36 heavy (non-hydrogen) atoms. The number of rotatable bonds is 10. The zero-order valence-electron chi connectivity index (χ0n) is 19.6. The molecule has 0 aliphatic rings. The summed E-state index contributed by atoms with van der Waals surface area (Å²) in [5.74, 6) is 0.835. The third-order valence-electron chi connectivity index (χ3n) is 4.92. The zero-order chi connectivity index (χ0) is 25.3. The van der Waals surface area contributed by atoms with Crippen LogP contribution in [0, 0.1) is 0 Å². The first-order valence-electron chi connectivity index (χ1n) is 11.0. The maximum Gasteiger partial charge on any atom is 0.344 e. The normalized spacial score (nSPS) is 10.5. The predicted octanol–water partition coefficient (Wildman–Crippen LogP) is 4.22. The maximum absolute atomic E-state index is 13.0. The Balaban J connectivity index is 1.52. The van der Waals surface area contributed by atoms with E-state index in [1.165, 1.54) is 11.8 Å². The highest BCUT2D eigenvalue weighted by atomic mass is 32.2. The lowest BCUT2D eigenvalue weighted by Gasteiger charge is -2.14. The van der Waals surface area contributed by atoms with E-state index in [0.29, 0.717) is 28.6 Å². The van der Waals surface area contributed by atoms with Crippen molar-refractivity contribution in [1.82, 2.24) is 20.6 Å². The number of nitrogens with one attached hydrogen (secondary N) is 2. The molecule has 184 valence electrons. The van der Waals surface area contributed by atoms with Gasteiger partial charge in [-0.1, -0.05) is 23.9 Å². The second-order valence-corrected chi connectivity index (χ2v) is 8.37. The number of aromatic amines is 1. The number of tetrazole rings is 1. The molecule has 1 aromatic heterocycles. The fourth-order valence-electron chi connectivity index (χ4n) is 3.21. The Kier molecular flexibility index (Phi) is 8.14. The summed E-state index contributed by atoms with van der Waals surface area (Å²) in [6.45, 7) is 1.81. The number of carbonyl (C=O) groups excluding carboxylic acids is 2. The van der Waals surface area contributed by atoms with Crippen molar-refractivity contribution in [2.24, 2.45) is 0 Å². The van der Waals surface area contributed by atoms with E-state index in [4.69, 9.17) is 14.2 Å². The molecule has 0 spiro atoms. The Morgan fingerprint density at radius 2 is 1.78 bits per heavy atom. The fourth-order valence-corrected chi connectivity index (χ4v) is 4.22. The van der Waals surface area contributed by atoms with E-state index >= 15 is 0 Å². The van der Waals surface area contributed by atoms with E-state index in [1.807, 2.05) is 36.4 Å². The molecule has 0 fully saturated rings. The number of nitrogens with zero attached hydrogens (tertiary/aromatic N) is 3. The van der Waals surface area contributed by atoms with Crippen LogP contribution < -0.4 is 14.8 Å². The average Bonchev–Trinajstić information content (AvgIpc) is 3.44. The minimum absolute atomic E-state index is 0.199. The lowest BCUT2D eigenvalue weighted by molar-refractivity contribution is -0.145. The molecular formula is C25H23N5O5S. The van der Waals surface area contributed by atoms with Crippen molar-refractivity contribution in [3.63, 3.8) is 0 Å². The van der Waals surface area contributed by atoms with E-state index in [9.17, 15) is 9.59 Å². The molecule has 0 unspecified atom stereocenters. The van der Waals surface area contributed by atoms with Gasteiger partial charge in [-0.25, -0.2) is 9.89 Å². The first-order chi connectivity index (χ1) is 17.6. The lowest BCUT2D eigenvalue weighted by Crippen LogP contribution is -2.15. The van der Waals surface area contributed by atoms with Crippen LogP contribution in [0.2, 0.25) is 0 Å². The standard InChI is InChI=1S/C25H23N5O5S/c1-3-34-23(31)15-35-17-10-8-16(9-11-17)25(32)26-20-14-18(33-2)12-13-22(20)36-21-7-5-4-6-19(21)24-27-29-30-28-24/h4-14H,3,15H2,1-2H3,(H,26,32)(H,27,28,29,30). The molecule has 1 amide bonds. The van der Waals surface area contributed by atoms with Gasteiger partial charge in [0.05, 0.1) is 19.4 Å². The van der Waals surface area contributed by atoms with Crippen molar-refractivity contribution in [2.45, 2.75) is 16.7 Å². The van der Waals surface area contributed by atoms with Crippen LogP contribution in [0.5, 0.6) is 11.5 Å². The van der Waals surface area contributed by atoms with Gasteiger partial charge in [0, 0.05) is 27.0 Å². The minimum atomic E-state index is -0.455. The van der Waals surface area contributed by atoms with Crippen molar-refractivity contribution in [1.29, 1.82) is 0 Å². The summed E-state index contributed by atoms with van der Waals surface area (Å²) in [5, 5.41) is 17.1. The van der Waals surface area contributed by atoms with Crippen LogP contribution in [0.15, 0.2) is 76.5 Å². The van der Waals surface area contributed by atoms with E-state index in [-0.39, 0.29) is 19.1 Å². The molecule has 2 N–H and O–H groups in total. The number of methoxy groups -OCH3 is 1. The van der Waals surface area contributed by atoms with Gasteiger partial charge in [0.2, 0.25) is 0 Å². The van der Waals surface area contributed by atoms with Crippen molar-refractivity contribution < 1.29 is 23.8 Å². The summed E-state index contributed by atoms with van der Waals surface area (Å²) < 4.78 is 15.6. The van der Waals surface area contributed by atoms with Gasteiger partial charge in [0.15, 0.2) is 12.4 Å². The Morgan fingerprint density at radius 1 is 1.00 bits per heavy atom. The number of carbonyl (C=O) groups is 2. The number of H-pyrrole nitrogens is 1. The summed E-state index contributed by atoms with van der Waals surface area (Å²) in [6.07, 6.45) is 0. The summed E-state index contributed by atoms with van der Waals surface area (Å²) in [6, 6.07) is 19.6. The summed E-state index contributed by atoms with van der Waals surface area (Å²) in [7, 11) is 1.56. The lowest BCUT2D eigenvalue weighted by atomic mass is 10.2. The number of esters is 1. The van der Waals surface area contributed by atoms with Crippen LogP contribution in [0.25, 0.3) is 11.4 Å². The molecule has 0 aliphatic heterocycles. The molecule has 0 aliphatic carbocycles. The predicted molar refractivity (Wildman–Crippen MR) is 133 cm³/mol. The van der Waals surface area contributed by atoms with Gasteiger partial charge >= 0.3 is 5.97 Å². The van der Waals surface area contributed by atoms with Crippen LogP contribution >= 0.6 is 11.8 Å². The van der Waals surface area contributed by atoms with E-state index in [2.05, 4.69) is 25.9 Å². The highest BCUT2D eigenvalue weighted by molar-refractivity contribution is 7.99. The van der Waals surface area contributed by atoms with E-state index in [1.54, 1.807) is 44.4 Å². The highest BCUT2D eigenvalue weighted by Gasteiger charge is 2.15. The molecule has 0 saturated carbocycles. The first-order valence-corrected chi connectivity index (χ1v) is 11.8. The van der Waals surface area contributed by atoms with Crippen molar-refractivity contribution in [3.05, 3.63) is 72.3 Å². The van der Waals surface area contributed by atoms with Gasteiger partial charge in [-0.05, 0) is 65.9 Å². The summed E-state index contributed by atoms with van der Waals surface area (Å²) in [4.78, 5) is 26.2. The molecule has 0 atom stereocenters. The molecule has 0 saturated heterocycles. The monoisotopic (exact) mass is 505 g/mol. The number of amides is 1. The Labute approximate surface area is 211 Å². The van der Waals surface area contributed by atoms with Crippen molar-refractivity contribution >= 4 is 29.3 Å². The number of hydrogen-bond donors (Lipinski definition) is 2. The zero-order valence-corrected chi connectivity index (χ0v) is 20.4. The summed E-state index contributed by atoms with van der Waals surface area (Å²) in [5.41, 5.74) is 1.84. The topological polar surface area (TPSA) is 128 Å². The highest BCUT2D eigenvalue weighted by Crippen LogP contribution is 2.39. The molecule has 0 radical (unpaired) electrons. The van der Waals surface area contributed by atoms with E-state index in [0.717, 1.165) is 15.4 Å². The number of ether oxygens (including phenoxy) is 3.